The molecule has 168 valence electrons. The fraction of sp³-hybridized carbons (Fsp3) is 0.0800. The van der Waals surface area contributed by atoms with Gasteiger partial charge in [0.25, 0.3) is 17.5 Å². The zero-order chi connectivity index (χ0) is 23.7. The van der Waals surface area contributed by atoms with E-state index in [0.717, 1.165) is 10.2 Å². The van der Waals surface area contributed by atoms with Gasteiger partial charge in [0.1, 0.15) is 11.4 Å². The van der Waals surface area contributed by atoms with E-state index in [4.69, 9.17) is 4.74 Å². The molecule has 1 N–H and O–H groups in total. The quantitative estimate of drug-likeness (QED) is 0.349. The summed E-state index contributed by atoms with van der Waals surface area (Å²) in [4.78, 5) is 36.4. The maximum atomic E-state index is 13.1. The summed E-state index contributed by atoms with van der Waals surface area (Å²) in [6, 6.07) is 22.3. The summed E-state index contributed by atoms with van der Waals surface area (Å²) in [6.45, 7) is 0. The van der Waals surface area contributed by atoms with Crippen LogP contribution < -0.4 is 10.1 Å². The molecule has 34 heavy (non-hydrogen) atoms. The third-order valence-electron chi connectivity index (χ3n) is 5.45. The number of para-hydroxylation sites is 2. The number of anilines is 1. The second-order valence-corrected chi connectivity index (χ2v) is 7.70. The van der Waals surface area contributed by atoms with E-state index >= 15 is 0 Å². The Kier molecular flexibility index (Phi) is 5.35. The molecule has 2 heterocycles. The molecule has 0 aliphatic carbocycles. The minimum Gasteiger partial charge on any atom is -0.478 e. The Balaban J connectivity index is 1.49. The second kappa shape index (κ2) is 8.62. The lowest BCUT2D eigenvalue weighted by molar-refractivity contribution is -0.384. The molecule has 3 aromatic carbocycles. The Morgan fingerprint density at radius 3 is 2.56 bits per heavy atom. The molecule has 1 amide bonds. The summed E-state index contributed by atoms with van der Waals surface area (Å²) in [5, 5.41) is 18.5. The number of carbonyl (C=O) groups excluding carboxylic acids is 2. The number of carbonyl (C=O) groups is 2. The lowest BCUT2D eigenvalue weighted by Crippen LogP contribution is -2.39. The number of nitro groups is 1. The fourth-order valence-corrected chi connectivity index (χ4v) is 3.79. The number of nitrogens with one attached hydrogen (secondary N) is 1. The third-order valence-corrected chi connectivity index (χ3v) is 5.45. The molecule has 9 heteroatoms. The first kappa shape index (κ1) is 21.1. The molecule has 0 saturated carbocycles. The average Bonchev–Trinajstić information content (AvgIpc) is 3.31. The summed E-state index contributed by atoms with van der Waals surface area (Å²) in [5.41, 5.74) is 2.83. The number of ether oxygens (including phenoxy) is 1. The highest BCUT2D eigenvalue weighted by atomic mass is 16.6. The highest BCUT2D eigenvalue weighted by Crippen LogP contribution is 2.33. The van der Waals surface area contributed by atoms with E-state index in [9.17, 15) is 19.7 Å². The van der Waals surface area contributed by atoms with Crippen molar-refractivity contribution in [2.24, 2.45) is 0 Å². The van der Waals surface area contributed by atoms with Crippen LogP contribution in [0.4, 0.5) is 11.4 Å². The zero-order valence-corrected chi connectivity index (χ0v) is 17.8. The molecule has 0 fully saturated rings. The average molecular weight is 454 g/mol. The fourth-order valence-electron chi connectivity index (χ4n) is 3.79. The minimum absolute atomic E-state index is 0.0680. The molecule has 5 rings (SSSR count). The first-order valence-electron chi connectivity index (χ1n) is 10.5. The number of non-ortho nitro benzene ring substituents is 1. The summed E-state index contributed by atoms with van der Waals surface area (Å²) < 4.78 is 6.90. The van der Waals surface area contributed by atoms with Gasteiger partial charge in [0.15, 0.2) is 6.10 Å². The Morgan fingerprint density at radius 2 is 1.76 bits per heavy atom. The van der Waals surface area contributed by atoms with E-state index in [2.05, 4.69) is 10.4 Å². The van der Waals surface area contributed by atoms with E-state index in [-0.39, 0.29) is 12.1 Å². The predicted molar refractivity (Wildman–Crippen MR) is 124 cm³/mol. The lowest BCUT2D eigenvalue weighted by Gasteiger charge is -2.25. The molecular formula is C25H18N4O5. The number of amides is 1. The van der Waals surface area contributed by atoms with Crippen LogP contribution in [0.15, 0.2) is 85.1 Å². The van der Waals surface area contributed by atoms with Crippen molar-refractivity contribution in [1.82, 2.24) is 9.78 Å². The molecule has 0 bridgehead atoms. The highest BCUT2D eigenvalue weighted by molar-refractivity contribution is 6.00. The van der Waals surface area contributed by atoms with Crippen LogP contribution in [0.25, 0.3) is 22.4 Å². The lowest BCUT2D eigenvalue weighted by atomic mass is 10.0. The molecular weight excluding hydrogens is 436 g/mol. The van der Waals surface area contributed by atoms with E-state index in [1.807, 2.05) is 30.3 Å². The molecule has 1 aliphatic heterocycles. The van der Waals surface area contributed by atoms with Gasteiger partial charge in [-0.25, -0.2) is 4.68 Å². The molecule has 1 aromatic heterocycles. The van der Waals surface area contributed by atoms with Crippen molar-refractivity contribution in [3.8, 4) is 28.1 Å². The van der Waals surface area contributed by atoms with Gasteiger partial charge in [-0.2, -0.15) is 5.10 Å². The third kappa shape index (κ3) is 4.02. The van der Waals surface area contributed by atoms with Gasteiger partial charge in [0, 0.05) is 29.5 Å². The van der Waals surface area contributed by atoms with Crippen molar-refractivity contribution in [2.45, 2.75) is 12.5 Å². The molecule has 0 saturated heterocycles. The summed E-state index contributed by atoms with van der Waals surface area (Å²) in [7, 11) is 0. The molecule has 4 aromatic rings. The Hall–Kier alpha value is -4.79. The zero-order valence-electron chi connectivity index (χ0n) is 17.8. The minimum atomic E-state index is -1.01. The number of hydrogen-bond acceptors (Lipinski definition) is 6. The number of rotatable bonds is 5. The van der Waals surface area contributed by atoms with E-state index < -0.39 is 22.8 Å². The van der Waals surface area contributed by atoms with Crippen LogP contribution in [0, 0.1) is 10.1 Å². The number of hydrogen-bond donors (Lipinski definition) is 1. The molecule has 1 unspecified atom stereocenters. The van der Waals surface area contributed by atoms with Gasteiger partial charge in [-0.1, -0.05) is 54.6 Å². The molecule has 0 spiro atoms. The summed E-state index contributed by atoms with van der Waals surface area (Å²) >= 11 is 0. The smallest absolute Gasteiger partial charge is 0.270 e. The molecule has 1 atom stereocenters. The van der Waals surface area contributed by atoms with Crippen molar-refractivity contribution < 1.29 is 19.2 Å². The van der Waals surface area contributed by atoms with Crippen molar-refractivity contribution in [2.75, 3.05) is 5.32 Å². The largest absolute Gasteiger partial charge is 0.478 e. The Bertz CT molecular complexity index is 1410. The number of aromatic nitrogens is 2. The highest BCUT2D eigenvalue weighted by Gasteiger charge is 2.30. The number of fused-ring (bicyclic) bond motifs is 1. The number of nitro benzene ring substituents is 1. The summed E-state index contributed by atoms with van der Waals surface area (Å²) in [6.07, 6.45) is 0.288. The molecule has 9 nitrogen and oxygen atoms in total. The van der Waals surface area contributed by atoms with E-state index in [0.29, 0.717) is 28.3 Å². The van der Waals surface area contributed by atoms with E-state index in [1.54, 1.807) is 36.4 Å². The maximum Gasteiger partial charge on any atom is 0.270 e. The topological polar surface area (TPSA) is 116 Å². The molecule has 0 radical (unpaired) electrons. The Morgan fingerprint density at radius 1 is 1.03 bits per heavy atom. The van der Waals surface area contributed by atoms with Crippen molar-refractivity contribution in [3.63, 3.8) is 0 Å². The van der Waals surface area contributed by atoms with Gasteiger partial charge in [0.2, 0.25) is 0 Å². The van der Waals surface area contributed by atoms with Crippen LogP contribution in [-0.2, 0) is 4.79 Å². The van der Waals surface area contributed by atoms with Crippen molar-refractivity contribution in [3.05, 3.63) is 95.2 Å². The monoisotopic (exact) mass is 454 g/mol. The predicted octanol–water partition coefficient (Wildman–Crippen LogP) is 4.56. The second-order valence-electron chi connectivity index (χ2n) is 7.70. The van der Waals surface area contributed by atoms with Gasteiger partial charge in [-0.15, -0.1) is 0 Å². The van der Waals surface area contributed by atoms with Gasteiger partial charge in [0.05, 0.1) is 17.0 Å². The maximum absolute atomic E-state index is 13.1. The number of nitrogens with zero attached hydrogens (tertiary/aromatic N) is 3. The first-order chi connectivity index (χ1) is 16.5. The van der Waals surface area contributed by atoms with Gasteiger partial charge < -0.3 is 10.1 Å². The normalized spacial score (nSPS) is 14.6. The standard InChI is InChI=1S/C25H18N4O5/c30-23(14-22-25(31)26-20-11-4-5-12-21(20)34-22)28-15-19(17-9-6-10-18(13-17)29(32)33)24(27-28)16-7-2-1-3-8-16/h1-13,15,22H,14H2,(H,26,31). The van der Waals surface area contributed by atoms with Crippen molar-refractivity contribution in [1.29, 1.82) is 0 Å². The van der Waals surface area contributed by atoms with Crippen LogP contribution in [-0.4, -0.2) is 32.6 Å². The SMILES string of the molecule is O=C1Nc2ccccc2OC1CC(=O)n1cc(-c2cccc([N+](=O)[O-])c2)c(-c2ccccc2)n1. The van der Waals surface area contributed by atoms with Crippen LogP contribution in [0.5, 0.6) is 5.75 Å². The van der Waals surface area contributed by atoms with Gasteiger partial charge in [-0.3, -0.25) is 19.7 Å². The van der Waals surface area contributed by atoms with Crippen LogP contribution in [0.2, 0.25) is 0 Å². The first-order valence-corrected chi connectivity index (χ1v) is 10.5. The van der Waals surface area contributed by atoms with Gasteiger partial charge in [-0.05, 0) is 17.7 Å². The summed E-state index contributed by atoms with van der Waals surface area (Å²) in [5.74, 6) is -0.377. The Labute approximate surface area is 193 Å². The number of benzene rings is 3. The van der Waals surface area contributed by atoms with Crippen LogP contribution in [0.1, 0.15) is 11.2 Å². The van der Waals surface area contributed by atoms with E-state index in [1.165, 1.54) is 18.3 Å². The van der Waals surface area contributed by atoms with Gasteiger partial charge >= 0.3 is 0 Å². The molecule has 1 aliphatic rings. The van der Waals surface area contributed by atoms with Crippen molar-refractivity contribution >= 4 is 23.2 Å². The van der Waals surface area contributed by atoms with Crippen LogP contribution >= 0.6 is 0 Å². The van der Waals surface area contributed by atoms with Crippen LogP contribution in [0.3, 0.4) is 0 Å².